The Bertz CT molecular complexity index is 1390. The molecule has 8 nitrogen and oxygen atoms in total. The Kier molecular flexibility index (Phi) is 6.40. The highest BCUT2D eigenvalue weighted by Crippen LogP contribution is 2.29. The van der Waals surface area contributed by atoms with Gasteiger partial charge in [0.05, 0.1) is 23.1 Å². The maximum absolute atomic E-state index is 12.6. The van der Waals surface area contributed by atoms with Crippen LogP contribution < -0.4 is 5.32 Å². The van der Waals surface area contributed by atoms with E-state index in [-0.39, 0.29) is 17.8 Å². The van der Waals surface area contributed by atoms with Crippen LogP contribution in [-0.4, -0.2) is 43.3 Å². The van der Waals surface area contributed by atoms with E-state index in [0.29, 0.717) is 20.9 Å². The number of carbonyl (C=O) groups is 2. The van der Waals surface area contributed by atoms with Gasteiger partial charge in [-0.2, -0.15) is 0 Å². The van der Waals surface area contributed by atoms with Crippen LogP contribution in [0.4, 0.5) is 5.13 Å². The van der Waals surface area contributed by atoms with E-state index in [4.69, 9.17) is 4.74 Å². The van der Waals surface area contributed by atoms with Crippen LogP contribution in [0.2, 0.25) is 0 Å². The molecule has 33 heavy (non-hydrogen) atoms. The Morgan fingerprint density at radius 2 is 1.88 bits per heavy atom. The number of rotatable bonds is 6. The van der Waals surface area contributed by atoms with Crippen molar-refractivity contribution < 1.29 is 14.3 Å². The second kappa shape index (κ2) is 9.11. The van der Waals surface area contributed by atoms with Gasteiger partial charge in [-0.15, -0.1) is 10.2 Å². The van der Waals surface area contributed by atoms with Crippen LogP contribution in [0.15, 0.2) is 23.4 Å². The number of esters is 1. The average Bonchev–Trinajstić information content (AvgIpc) is 3.28. The molecular formula is C23H25N5O3S2. The molecule has 0 saturated carbocycles. The van der Waals surface area contributed by atoms with Crippen LogP contribution in [0.1, 0.15) is 45.9 Å². The summed E-state index contributed by atoms with van der Waals surface area (Å²) in [5.74, 6) is -0.540. The Morgan fingerprint density at radius 1 is 1.12 bits per heavy atom. The molecule has 0 spiro atoms. The molecule has 0 bridgehead atoms. The number of nitrogens with one attached hydrogen (secondary N) is 1. The van der Waals surface area contributed by atoms with Crippen LogP contribution in [-0.2, 0) is 9.53 Å². The highest BCUT2D eigenvalue weighted by molar-refractivity contribution is 7.99. The molecule has 4 aromatic rings. The number of ether oxygens (including phenoxy) is 1. The largest absolute Gasteiger partial charge is 0.459 e. The van der Waals surface area contributed by atoms with Crippen LogP contribution in [0, 0.1) is 27.7 Å². The van der Waals surface area contributed by atoms with Crippen molar-refractivity contribution in [2.45, 2.75) is 52.8 Å². The van der Waals surface area contributed by atoms with Gasteiger partial charge < -0.3 is 10.1 Å². The molecule has 0 radical (unpaired) electrons. The van der Waals surface area contributed by atoms with E-state index in [1.165, 1.54) is 17.3 Å². The van der Waals surface area contributed by atoms with Gasteiger partial charge in [-0.25, -0.2) is 9.78 Å². The normalized spacial score (nSPS) is 11.5. The number of carbonyl (C=O) groups excluding carboxylic acids is 2. The fraction of sp³-hybridized carbons (Fsp3) is 0.348. The van der Waals surface area contributed by atoms with Crippen molar-refractivity contribution in [2.75, 3.05) is 11.1 Å². The fourth-order valence-electron chi connectivity index (χ4n) is 3.70. The average molecular weight is 484 g/mol. The SMILES string of the molecule is Cc1cc(C)c2c(c1)c(C)cc1nnc(SCC(=O)Nc3nc(C)c(C(=O)OC(C)C)s3)n12. The molecule has 1 amide bonds. The minimum absolute atomic E-state index is 0.130. The molecule has 0 fully saturated rings. The van der Waals surface area contributed by atoms with Crippen LogP contribution in [0.5, 0.6) is 0 Å². The number of aryl methyl sites for hydroxylation is 4. The number of fused-ring (bicyclic) bond motifs is 3. The number of nitrogens with zero attached hydrogens (tertiary/aromatic N) is 4. The summed E-state index contributed by atoms with van der Waals surface area (Å²) in [6.07, 6.45) is -0.223. The van der Waals surface area contributed by atoms with Gasteiger partial charge in [0.1, 0.15) is 4.88 Å². The van der Waals surface area contributed by atoms with Crippen molar-refractivity contribution in [3.05, 3.63) is 45.5 Å². The zero-order valence-electron chi connectivity index (χ0n) is 19.3. The quantitative estimate of drug-likeness (QED) is 0.309. The van der Waals surface area contributed by atoms with Crippen LogP contribution >= 0.6 is 23.1 Å². The van der Waals surface area contributed by atoms with Gasteiger partial charge in [0.25, 0.3) is 0 Å². The third-order valence-electron chi connectivity index (χ3n) is 5.00. The number of amides is 1. The molecule has 4 rings (SSSR count). The third-order valence-corrected chi connectivity index (χ3v) is 6.98. The van der Waals surface area contributed by atoms with Gasteiger partial charge in [0, 0.05) is 5.39 Å². The number of pyridine rings is 1. The molecule has 0 aliphatic heterocycles. The highest BCUT2D eigenvalue weighted by atomic mass is 32.2. The van der Waals surface area contributed by atoms with Crippen molar-refractivity contribution in [2.24, 2.45) is 0 Å². The van der Waals surface area contributed by atoms with Crippen molar-refractivity contribution in [3.63, 3.8) is 0 Å². The Morgan fingerprint density at radius 3 is 2.61 bits per heavy atom. The topological polar surface area (TPSA) is 98.5 Å². The fourth-order valence-corrected chi connectivity index (χ4v) is 5.31. The van der Waals surface area contributed by atoms with Crippen LogP contribution in [0.25, 0.3) is 16.6 Å². The Hall–Kier alpha value is -2.98. The van der Waals surface area contributed by atoms with E-state index in [9.17, 15) is 9.59 Å². The number of thioether (sulfide) groups is 1. The summed E-state index contributed by atoms with van der Waals surface area (Å²) in [6, 6.07) is 6.30. The first-order valence-electron chi connectivity index (χ1n) is 10.5. The number of hydrogen-bond donors (Lipinski definition) is 1. The lowest BCUT2D eigenvalue weighted by molar-refractivity contribution is -0.113. The van der Waals surface area contributed by atoms with Crippen molar-refractivity contribution in [3.8, 4) is 0 Å². The number of aromatic nitrogens is 4. The summed E-state index contributed by atoms with van der Waals surface area (Å²) >= 11 is 2.42. The van der Waals surface area contributed by atoms with E-state index >= 15 is 0 Å². The van der Waals surface area contributed by atoms with E-state index in [1.807, 2.05) is 10.5 Å². The minimum Gasteiger partial charge on any atom is -0.459 e. The summed E-state index contributed by atoms with van der Waals surface area (Å²) in [5.41, 5.74) is 5.79. The standard InChI is InChI=1S/C23H25N5O3S2/c1-11(2)31-21(30)20-15(6)24-22(33-20)25-18(29)10-32-23-27-26-17-9-13(4)16-8-12(3)7-14(5)19(16)28(17)23/h7-9,11H,10H2,1-6H3,(H,24,25,29). The lowest BCUT2D eigenvalue weighted by Gasteiger charge is -2.11. The van der Waals surface area contributed by atoms with Crippen molar-refractivity contribution >= 4 is 56.7 Å². The molecule has 0 aliphatic carbocycles. The van der Waals surface area contributed by atoms with Crippen molar-refractivity contribution in [1.29, 1.82) is 0 Å². The molecule has 172 valence electrons. The number of thiazole rings is 1. The summed E-state index contributed by atoms with van der Waals surface area (Å²) < 4.78 is 7.23. The summed E-state index contributed by atoms with van der Waals surface area (Å²) in [5, 5.41) is 13.6. The van der Waals surface area contributed by atoms with Gasteiger partial charge in [0.2, 0.25) is 5.91 Å². The second-order valence-electron chi connectivity index (χ2n) is 8.21. The molecule has 1 aromatic carbocycles. The van der Waals surface area contributed by atoms with Gasteiger partial charge in [0.15, 0.2) is 15.9 Å². The van der Waals surface area contributed by atoms with Gasteiger partial charge in [-0.1, -0.05) is 34.7 Å². The Labute approximate surface area is 199 Å². The predicted molar refractivity (Wildman–Crippen MR) is 131 cm³/mol. The lowest BCUT2D eigenvalue weighted by Crippen LogP contribution is -2.14. The van der Waals surface area contributed by atoms with Gasteiger partial charge in [-0.3, -0.25) is 9.20 Å². The minimum atomic E-state index is -0.433. The first-order chi connectivity index (χ1) is 15.6. The lowest BCUT2D eigenvalue weighted by atomic mass is 10.0. The molecular weight excluding hydrogens is 458 g/mol. The number of hydrogen-bond acceptors (Lipinski definition) is 8. The first kappa shape index (κ1) is 23.2. The molecule has 0 saturated heterocycles. The highest BCUT2D eigenvalue weighted by Gasteiger charge is 2.20. The summed E-state index contributed by atoms with van der Waals surface area (Å²) in [7, 11) is 0. The second-order valence-corrected chi connectivity index (χ2v) is 10.1. The first-order valence-corrected chi connectivity index (χ1v) is 12.3. The van der Waals surface area contributed by atoms with E-state index in [2.05, 4.69) is 53.4 Å². The predicted octanol–water partition coefficient (Wildman–Crippen LogP) is 4.87. The third kappa shape index (κ3) is 4.72. The Balaban J connectivity index is 1.53. The number of anilines is 1. The monoisotopic (exact) mass is 483 g/mol. The van der Waals surface area contributed by atoms with E-state index < -0.39 is 5.97 Å². The van der Waals surface area contributed by atoms with Gasteiger partial charge in [-0.05, 0) is 64.8 Å². The summed E-state index contributed by atoms with van der Waals surface area (Å²) in [4.78, 5) is 29.5. The maximum atomic E-state index is 12.6. The van der Waals surface area contributed by atoms with Crippen LogP contribution in [0.3, 0.4) is 0 Å². The molecule has 3 aromatic heterocycles. The van der Waals surface area contributed by atoms with E-state index in [0.717, 1.165) is 39.0 Å². The van der Waals surface area contributed by atoms with Gasteiger partial charge >= 0.3 is 5.97 Å². The molecule has 0 aliphatic rings. The molecule has 0 unspecified atom stereocenters. The summed E-state index contributed by atoms with van der Waals surface area (Å²) in [6.45, 7) is 11.5. The zero-order valence-corrected chi connectivity index (χ0v) is 21.0. The molecule has 3 heterocycles. The smallest absolute Gasteiger partial charge is 0.350 e. The maximum Gasteiger partial charge on any atom is 0.350 e. The van der Waals surface area contributed by atoms with Crippen molar-refractivity contribution in [1.82, 2.24) is 19.6 Å². The molecule has 1 N–H and O–H groups in total. The zero-order chi connectivity index (χ0) is 23.9. The van der Waals surface area contributed by atoms with E-state index in [1.54, 1.807) is 20.8 Å². The number of benzene rings is 1. The molecule has 0 atom stereocenters. The molecule has 10 heteroatoms.